The zero-order valence-corrected chi connectivity index (χ0v) is 12.4. The summed E-state index contributed by atoms with van der Waals surface area (Å²) in [6.45, 7) is 6.47. The molecule has 2 aromatic carbocycles. The van der Waals surface area contributed by atoms with E-state index in [1.807, 2.05) is 12.1 Å². The molecule has 2 aromatic rings. The first kappa shape index (κ1) is 14.3. The minimum atomic E-state index is -0.0719. The Labute approximate surface area is 121 Å². The number of rotatable bonds is 4. The van der Waals surface area contributed by atoms with Gasteiger partial charge in [-0.2, -0.15) is 5.26 Å². The quantitative estimate of drug-likeness (QED) is 0.764. The highest BCUT2D eigenvalue weighted by atomic mass is 14.3. The van der Waals surface area contributed by atoms with Gasteiger partial charge in [-0.05, 0) is 41.5 Å². The van der Waals surface area contributed by atoms with Gasteiger partial charge in [-0.15, -0.1) is 0 Å². The minimum absolute atomic E-state index is 0.0719. The van der Waals surface area contributed by atoms with Gasteiger partial charge in [-0.1, -0.05) is 62.4 Å². The molecule has 1 nitrogen and oxygen atoms in total. The van der Waals surface area contributed by atoms with Crippen LogP contribution in [0.5, 0.6) is 0 Å². The van der Waals surface area contributed by atoms with Gasteiger partial charge in [-0.3, -0.25) is 0 Å². The molecule has 0 radical (unpaired) electrons. The molecule has 0 saturated carbocycles. The van der Waals surface area contributed by atoms with Gasteiger partial charge in [0.05, 0.1) is 12.0 Å². The highest BCUT2D eigenvalue weighted by Gasteiger charge is 2.13. The third-order valence-electron chi connectivity index (χ3n) is 3.85. The number of benzene rings is 2. The number of aryl methyl sites for hydroxylation is 1. The zero-order chi connectivity index (χ0) is 14.5. The summed E-state index contributed by atoms with van der Waals surface area (Å²) in [5.74, 6) is 0.457. The molecule has 0 bridgehead atoms. The van der Waals surface area contributed by atoms with Gasteiger partial charge < -0.3 is 0 Å². The largest absolute Gasteiger partial charge is 0.198 e. The van der Waals surface area contributed by atoms with Crippen LogP contribution in [-0.2, 0) is 6.42 Å². The van der Waals surface area contributed by atoms with Crippen LogP contribution < -0.4 is 0 Å². The standard InChI is InChI=1S/C19H21N/c1-14(2)16-8-10-17(11-9-16)19(13-20)12-18-7-5-4-6-15(18)3/h4-11,14,19H,12H2,1-3H3. The van der Waals surface area contributed by atoms with E-state index in [1.165, 1.54) is 16.7 Å². The van der Waals surface area contributed by atoms with Gasteiger partial charge in [-0.25, -0.2) is 0 Å². The normalized spacial score (nSPS) is 12.2. The molecule has 2 rings (SSSR count). The van der Waals surface area contributed by atoms with E-state index in [2.05, 4.69) is 63.2 Å². The summed E-state index contributed by atoms with van der Waals surface area (Å²) in [6.07, 6.45) is 0.782. The van der Waals surface area contributed by atoms with Crippen molar-refractivity contribution in [2.75, 3.05) is 0 Å². The lowest BCUT2D eigenvalue weighted by Gasteiger charge is -2.13. The van der Waals surface area contributed by atoms with Crippen LogP contribution in [0.2, 0.25) is 0 Å². The lowest BCUT2D eigenvalue weighted by molar-refractivity contribution is 0.832. The predicted molar refractivity (Wildman–Crippen MR) is 83.8 cm³/mol. The average Bonchev–Trinajstić information content (AvgIpc) is 2.46. The van der Waals surface area contributed by atoms with Gasteiger partial charge in [0.15, 0.2) is 0 Å². The van der Waals surface area contributed by atoms with E-state index in [0.29, 0.717) is 5.92 Å². The molecule has 0 aliphatic heterocycles. The SMILES string of the molecule is Cc1ccccc1CC(C#N)c1ccc(C(C)C)cc1. The van der Waals surface area contributed by atoms with Crippen LogP contribution in [0, 0.1) is 18.3 Å². The summed E-state index contributed by atoms with van der Waals surface area (Å²) in [5.41, 5.74) is 4.94. The summed E-state index contributed by atoms with van der Waals surface area (Å²) >= 11 is 0. The minimum Gasteiger partial charge on any atom is -0.198 e. The van der Waals surface area contributed by atoms with Crippen molar-refractivity contribution in [3.8, 4) is 6.07 Å². The Morgan fingerprint density at radius 2 is 1.55 bits per heavy atom. The van der Waals surface area contributed by atoms with Crippen molar-refractivity contribution in [3.63, 3.8) is 0 Å². The predicted octanol–water partition coefficient (Wildman–Crippen LogP) is 4.97. The molecule has 0 fully saturated rings. The third kappa shape index (κ3) is 3.27. The van der Waals surface area contributed by atoms with Crippen LogP contribution in [0.25, 0.3) is 0 Å². The number of hydrogen-bond acceptors (Lipinski definition) is 1. The Hall–Kier alpha value is -2.07. The number of hydrogen-bond donors (Lipinski definition) is 0. The Morgan fingerprint density at radius 1 is 0.950 bits per heavy atom. The van der Waals surface area contributed by atoms with Crippen molar-refractivity contribution in [1.29, 1.82) is 5.26 Å². The van der Waals surface area contributed by atoms with Crippen LogP contribution in [0.4, 0.5) is 0 Å². The second-order valence-corrected chi connectivity index (χ2v) is 5.63. The van der Waals surface area contributed by atoms with Crippen LogP contribution >= 0.6 is 0 Å². The average molecular weight is 263 g/mol. The molecule has 1 heteroatoms. The monoisotopic (exact) mass is 263 g/mol. The lowest BCUT2D eigenvalue weighted by Crippen LogP contribution is -2.02. The molecule has 0 aromatic heterocycles. The van der Waals surface area contributed by atoms with Crippen LogP contribution in [0.3, 0.4) is 0 Å². The molecule has 0 aliphatic rings. The molecule has 102 valence electrons. The molecular weight excluding hydrogens is 242 g/mol. The van der Waals surface area contributed by atoms with E-state index in [9.17, 15) is 5.26 Å². The zero-order valence-electron chi connectivity index (χ0n) is 12.4. The molecule has 0 saturated heterocycles. The topological polar surface area (TPSA) is 23.8 Å². The van der Waals surface area contributed by atoms with E-state index in [0.717, 1.165) is 12.0 Å². The molecule has 0 heterocycles. The van der Waals surface area contributed by atoms with Crippen molar-refractivity contribution < 1.29 is 0 Å². The van der Waals surface area contributed by atoms with Gasteiger partial charge in [0, 0.05) is 0 Å². The van der Waals surface area contributed by atoms with Crippen molar-refractivity contribution >= 4 is 0 Å². The van der Waals surface area contributed by atoms with Gasteiger partial charge in [0.2, 0.25) is 0 Å². The second kappa shape index (κ2) is 6.39. The summed E-state index contributed by atoms with van der Waals surface area (Å²) < 4.78 is 0. The molecule has 0 spiro atoms. The van der Waals surface area contributed by atoms with Crippen LogP contribution in [-0.4, -0.2) is 0 Å². The highest BCUT2D eigenvalue weighted by molar-refractivity contribution is 5.34. The molecule has 0 N–H and O–H groups in total. The van der Waals surface area contributed by atoms with E-state index in [1.54, 1.807) is 0 Å². The first-order valence-corrected chi connectivity index (χ1v) is 7.15. The second-order valence-electron chi connectivity index (χ2n) is 5.63. The van der Waals surface area contributed by atoms with Gasteiger partial charge in [0.1, 0.15) is 0 Å². The first-order valence-electron chi connectivity index (χ1n) is 7.15. The maximum atomic E-state index is 9.46. The van der Waals surface area contributed by atoms with Crippen LogP contribution in [0.1, 0.15) is 47.9 Å². The third-order valence-corrected chi connectivity index (χ3v) is 3.85. The summed E-state index contributed by atoms with van der Waals surface area (Å²) in [4.78, 5) is 0. The fourth-order valence-corrected chi connectivity index (χ4v) is 2.41. The molecule has 1 unspecified atom stereocenters. The Morgan fingerprint density at radius 3 is 2.10 bits per heavy atom. The fourth-order valence-electron chi connectivity index (χ4n) is 2.41. The van der Waals surface area contributed by atoms with Gasteiger partial charge in [0.25, 0.3) is 0 Å². The first-order chi connectivity index (χ1) is 9.61. The molecule has 0 amide bonds. The maximum absolute atomic E-state index is 9.46. The van der Waals surface area contributed by atoms with Gasteiger partial charge >= 0.3 is 0 Å². The van der Waals surface area contributed by atoms with E-state index < -0.39 is 0 Å². The van der Waals surface area contributed by atoms with E-state index in [-0.39, 0.29) is 5.92 Å². The summed E-state index contributed by atoms with van der Waals surface area (Å²) in [5, 5.41) is 9.46. The van der Waals surface area contributed by atoms with Crippen molar-refractivity contribution in [2.45, 2.75) is 39.0 Å². The number of nitrogens with zero attached hydrogens (tertiary/aromatic N) is 1. The smallest absolute Gasteiger partial charge is 0.0753 e. The molecule has 20 heavy (non-hydrogen) atoms. The fraction of sp³-hybridized carbons (Fsp3) is 0.316. The summed E-state index contributed by atoms with van der Waals surface area (Å²) in [6, 6.07) is 19.2. The van der Waals surface area contributed by atoms with Crippen molar-refractivity contribution in [1.82, 2.24) is 0 Å². The Bertz CT molecular complexity index is 602. The molecular formula is C19H21N. The Kier molecular flexibility index (Phi) is 4.58. The van der Waals surface area contributed by atoms with E-state index in [4.69, 9.17) is 0 Å². The number of nitriles is 1. The Balaban J connectivity index is 2.21. The molecule has 0 aliphatic carbocycles. The maximum Gasteiger partial charge on any atom is 0.0753 e. The highest BCUT2D eigenvalue weighted by Crippen LogP contribution is 2.24. The summed E-state index contributed by atoms with van der Waals surface area (Å²) in [7, 11) is 0. The van der Waals surface area contributed by atoms with Crippen molar-refractivity contribution in [3.05, 3.63) is 70.8 Å². The van der Waals surface area contributed by atoms with Crippen molar-refractivity contribution in [2.24, 2.45) is 0 Å². The molecule has 1 atom stereocenters. The van der Waals surface area contributed by atoms with Crippen LogP contribution in [0.15, 0.2) is 48.5 Å². The lowest BCUT2D eigenvalue weighted by atomic mass is 9.90. The van der Waals surface area contributed by atoms with E-state index >= 15 is 0 Å².